The van der Waals surface area contributed by atoms with E-state index in [1.165, 1.54) is 19.3 Å². The number of nitrogens with zero attached hydrogens (tertiary/aromatic N) is 1. The number of rotatable bonds is 2. The van der Waals surface area contributed by atoms with Crippen LogP contribution in [0.15, 0.2) is 18.2 Å². The number of carboxylic acids is 1. The van der Waals surface area contributed by atoms with Gasteiger partial charge in [-0.2, -0.15) is 0 Å². The number of hydrogen-bond donors (Lipinski definition) is 2. The van der Waals surface area contributed by atoms with Gasteiger partial charge in [-0.15, -0.1) is 0 Å². The third kappa shape index (κ3) is 1.22. The smallest absolute Gasteiger partial charge is 0.337 e. The average molecular weight is 268 g/mol. The summed E-state index contributed by atoms with van der Waals surface area (Å²) < 4.78 is 0. The molecule has 1 aromatic heterocycles. The molecule has 4 unspecified atom stereocenters. The van der Waals surface area contributed by atoms with Gasteiger partial charge in [0.25, 0.3) is 0 Å². The van der Waals surface area contributed by atoms with E-state index in [2.05, 4.69) is 9.97 Å². The van der Waals surface area contributed by atoms with Crippen LogP contribution in [-0.2, 0) is 0 Å². The Balaban J connectivity index is 1.59. The van der Waals surface area contributed by atoms with Crippen LogP contribution in [0.5, 0.6) is 0 Å². The molecule has 1 aromatic carbocycles. The molecule has 4 nitrogen and oxygen atoms in total. The Hall–Kier alpha value is -1.84. The second-order valence-electron chi connectivity index (χ2n) is 6.64. The summed E-state index contributed by atoms with van der Waals surface area (Å²) in [6.07, 6.45) is 4.21. The summed E-state index contributed by atoms with van der Waals surface area (Å²) >= 11 is 0. The molecule has 5 rings (SSSR count). The van der Waals surface area contributed by atoms with E-state index in [0.29, 0.717) is 17.0 Å². The third-order valence-corrected chi connectivity index (χ3v) is 5.81. The Morgan fingerprint density at radius 3 is 2.70 bits per heavy atom. The van der Waals surface area contributed by atoms with Crippen LogP contribution in [0.2, 0.25) is 0 Å². The zero-order chi connectivity index (χ0) is 13.4. The fraction of sp³-hybridized carbons (Fsp3) is 0.500. The summed E-state index contributed by atoms with van der Waals surface area (Å²) in [6.45, 7) is 0. The number of H-pyrrole nitrogens is 1. The van der Waals surface area contributed by atoms with Gasteiger partial charge in [0.15, 0.2) is 0 Å². The van der Waals surface area contributed by atoms with Crippen molar-refractivity contribution >= 4 is 17.0 Å². The number of para-hydroxylation sites is 1. The van der Waals surface area contributed by atoms with Crippen LogP contribution in [0.3, 0.4) is 0 Å². The van der Waals surface area contributed by atoms with Crippen molar-refractivity contribution in [2.24, 2.45) is 23.7 Å². The molecule has 3 saturated carbocycles. The van der Waals surface area contributed by atoms with Gasteiger partial charge in [-0.25, -0.2) is 9.78 Å². The van der Waals surface area contributed by atoms with Crippen LogP contribution in [0.1, 0.15) is 41.4 Å². The maximum atomic E-state index is 11.3. The van der Waals surface area contributed by atoms with Crippen LogP contribution in [0, 0.1) is 23.7 Å². The molecule has 1 heterocycles. The lowest BCUT2D eigenvalue weighted by molar-refractivity contribution is 0.0699. The first kappa shape index (κ1) is 10.9. The lowest BCUT2D eigenvalue weighted by atomic mass is 10.0. The fourth-order valence-electron chi connectivity index (χ4n) is 5.07. The molecular weight excluding hydrogens is 252 g/mol. The predicted molar refractivity (Wildman–Crippen MR) is 73.6 cm³/mol. The van der Waals surface area contributed by atoms with Crippen LogP contribution in [0.4, 0.5) is 0 Å². The van der Waals surface area contributed by atoms with Crippen LogP contribution >= 0.6 is 0 Å². The van der Waals surface area contributed by atoms with Crippen LogP contribution in [0.25, 0.3) is 11.0 Å². The first-order valence-electron chi connectivity index (χ1n) is 7.46. The summed E-state index contributed by atoms with van der Waals surface area (Å²) in [7, 11) is 0. The Labute approximate surface area is 116 Å². The van der Waals surface area contributed by atoms with Crippen molar-refractivity contribution in [3.05, 3.63) is 29.6 Å². The molecule has 4 heteroatoms. The highest BCUT2D eigenvalue weighted by atomic mass is 16.4. The molecule has 4 atom stereocenters. The van der Waals surface area contributed by atoms with Gasteiger partial charge < -0.3 is 10.1 Å². The standard InChI is InChI=1S/C16H16N2O2/c19-16(20)9-2-1-3-10-14(9)18-15(17-10)13-11-7-4-5-8(6-7)12(11)13/h1-3,7-8,11-13H,4-6H2,(H,17,18)(H,19,20). The van der Waals surface area contributed by atoms with E-state index in [1.807, 2.05) is 6.07 Å². The molecule has 3 aliphatic rings. The number of fused-ring (bicyclic) bond motifs is 6. The van der Waals surface area contributed by atoms with Crippen molar-refractivity contribution < 1.29 is 9.90 Å². The lowest BCUT2D eigenvalue weighted by Gasteiger charge is -2.05. The summed E-state index contributed by atoms with van der Waals surface area (Å²) in [4.78, 5) is 19.3. The number of imidazole rings is 1. The van der Waals surface area contributed by atoms with Gasteiger partial charge in [-0.1, -0.05) is 6.07 Å². The molecule has 2 N–H and O–H groups in total. The predicted octanol–water partition coefficient (Wildman–Crippen LogP) is 3.02. The zero-order valence-electron chi connectivity index (χ0n) is 11.0. The van der Waals surface area contributed by atoms with E-state index in [4.69, 9.17) is 0 Å². The molecule has 0 amide bonds. The number of aromatic amines is 1. The number of nitrogens with one attached hydrogen (secondary N) is 1. The topological polar surface area (TPSA) is 66.0 Å². The number of carbonyl (C=O) groups is 1. The van der Waals surface area contributed by atoms with Gasteiger partial charge in [-0.3, -0.25) is 0 Å². The first-order valence-corrected chi connectivity index (χ1v) is 7.46. The van der Waals surface area contributed by atoms with Crippen molar-refractivity contribution in [1.82, 2.24) is 9.97 Å². The Morgan fingerprint density at radius 2 is 2.00 bits per heavy atom. The monoisotopic (exact) mass is 268 g/mol. The van der Waals surface area contributed by atoms with Gasteiger partial charge in [-0.05, 0) is 55.1 Å². The quantitative estimate of drug-likeness (QED) is 0.879. The molecule has 20 heavy (non-hydrogen) atoms. The normalized spacial score (nSPS) is 37.3. The Bertz CT molecular complexity index is 719. The molecule has 0 aliphatic heterocycles. The summed E-state index contributed by atoms with van der Waals surface area (Å²) in [5.74, 6) is 4.15. The molecule has 0 spiro atoms. The number of aromatic carboxylic acids is 1. The van der Waals surface area contributed by atoms with E-state index in [9.17, 15) is 9.90 Å². The number of aromatic nitrogens is 2. The molecule has 0 radical (unpaired) electrons. The van der Waals surface area contributed by atoms with E-state index in [1.54, 1.807) is 12.1 Å². The largest absolute Gasteiger partial charge is 0.478 e. The van der Waals surface area contributed by atoms with Gasteiger partial charge >= 0.3 is 5.97 Å². The number of hydrogen-bond acceptors (Lipinski definition) is 2. The molecule has 2 bridgehead atoms. The lowest BCUT2D eigenvalue weighted by Crippen LogP contribution is -1.99. The summed E-state index contributed by atoms with van der Waals surface area (Å²) in [6, 6.07) is 5.34. The molecular formula is C16H16N2O2. The second kappa shape index (κ2) is 3.43. The molecule has 2 aromatic rings. The van der Waals surface area contributed by atoms with Crippen LogP contribution < -0.4 is 0 Å². The summed E-state index contributed by atoms with van der Waals surface area (Å²) in [5.41, 5.74) is 1.78. The second-order valence-corrected chi connectivity index (χ2v) is 6.64. The fourth-order valence-corrected chi connectivity index (χ4v) is 5.07. The molecule has 102 valence electrons. The minimum atomic E-state index is -0.898. The summed E-state index contributed by atoms with van der Waals surface area (Å²) in [5, 5.41) is 9.25. The molecule has 0 saturated heterocycles. The van der Waals surface area contributed by atoms with Gasteiger partial charge in [0.1, 0.15) is 11.3 Å². The average Bonchev–Trinajstić information content (AvgIpc) is 2.82. The van der Waals surface area contributed by atoms with Crippen LogP contribution in [-0.4, -0.2) is 21.0 Å². The first-order chi connectivity index (χ1) is 9.74. The van der Waals surface area contributed by atoms with Crippen molar-refractivity contribution in [1.29, 1.82) is 0 Å². The van der Waals surface area contributed by atoms with E-state index >= 15 is 0 Å². The Kier molecular flexibility index (Phi) is 1.87. The number of carboxylic acid groups (broad SMARTS) is 1. The Morgan fingerprint density at radius 1 is 1.25 bits per heavy atom. The van der Waals surface area contributed by atoms with Crippen molar-refractivity contribution in [2.75, 3.05) is 0 Å². The van der Waals surface area contributed by atoms with Crippen molar-refractivity contribution in [3.63, 3.8) is 0 Å². The minimum Gasteiger partial charge on any atom is -0.478 e. The highest BCUT2D eigenvalue weighted by Gasteiger charge is 2.66. The maximum absolute atomic E-state index is 11.3. The SMILES string of the molecule is O=C(O)c1cccc2[nH]c(C3C4C5CCC(C5)C34)nc12. The van der Waals surface area contributed by atoms with Gasteiger partial charge in [0.05, 0.1) is 11.1 Å². The highest BCUT2D eigenvalue weighted by Crippen LogP contribution is 2.72. The van der Waals surface area contributed by atoms with E-state index in [0.717, 1.165) is 35.0 Å². The molecule has 3 aliphatic carbocycles. The highest BCUT2D eigenvalue weighted by molar-refractivity contribution is 6.00. The van der Waals surface area contributed by atoms with Gasteiger partial charge in [0.2, 0.25) is 0 Å². The van der Waals surface area contributed by atoms with E-state index in [-0.39, 0.29) is 0 Å². The minimum absolute atomic E-state index is 0.304. The number of benzene rings is 1. The van der Waals surface area contributed by atoms with E-state index < -0.39 is 5.97 Å². The van der Waals surface area contributed by atoms with Gasteiger partial charge in [0, 0.05) is 5.92 Å². The zero-order valence-corrected chi connectivity index (χ0v) is 11.0. The van der Waals surface area contributed by atoms with Crippen molar-refractivity contribution in [2.45, 2.75) is 25.2 Å². The van der Waals surface area contributed by atoms with Crippen molar-refractivity contribution in [3.8, 4) is 0 Å². The maximum Gasteiger partial charge on any atom is 0.337 e. The molecule has 3 fully saturated rings. The third-order valence-electron chi connectivity index (χ3n) is 5.81.